The molecule has 4 nitrogen and oxygen atoms in total. The fourth-order valence-corrected chi connectivity index (χ4v) is 1.49. The molecule has 0 amide bonds. The van der Waals surface area contributed by atoms with Gasteiger partial charge >= 0.3 is 0 Å². The summed E-state index contributed by atoms with van der Waals surface area (Å²) in [5.74, 6) is 1.10. The molecule has 1 aromatic carbocycles. The summed E-state index contributed by atoms with van der Waals surface area (Å²) >= 11 is 0. The zero-order valence-electron chi connectivity index (χ0n) is 9.96. The van der Waals surface area contributed by atoms with E-state index < -0.39 is 0 Å². The molecule has 18 heavy (non-hydrogen) atoms. The van der Waals surface area contributed by atoms with Crippen LogP contribution in [0.1, 0.15) is 23.0 Å². The monoisotopic (exact) mass is 243 g/mol. The Kier molecular flexibility index (Phi) is 3.69. The van der Waals surface area contributed by atoms with Gasteiger partial charge in [-0.05, 0) is 29.8 Å². The van der Waals surface area contributed by atoms with Crippen molar-refractivity contribution in [3.05, 3.63) is 53.9 Å². The second kappa shape index (κ2) is 5.42. The second-order valence-electron chi connectivity index (χ2n) is 3.84. The molecule has 1 heterocycles. The van der Waals surface area contributed by atoms with Crippen molar-refractivity contribution in [3.63, 3.8) is 0 Å². The Hall–Kier alpha value is -2.20. The third-order valence-electron chi connectivity index (χ3n) is 2.41. The largest absolute Gasteiger partial charge is 0.456 e. The molecule has 1 aromatic heterocycles. The Balaban J connectivity index is 2.15. The quantitative estimate of drug-likeness (QED) is 0.838. The van der Waals surface area contributed by atoms with E-state index in [0.29, 0.717) is 17.2 Å². The van der Waals surface area contributed by atoms with Gasteiger partial charge in [0.1, 0.15) is 17.2 Å². The molecule has 0 saturated carbocycles. The summed E-state index contributed by atoms with van der Waals surface area (Å²) < 4.78 is 5.57. The predicted octanol–water partition coefficient (Wildman–Crippen LogP) is 2.57. The molecule has 0 bridgehead atoms. The van der Waals surface area contributed by atoms with E-state index in [9.17, 15) is 4.79 Å². The SMILES string of the molecule is CC(=O)c1ccc(Oc2cccc(CO)c2)cn1. The van der Waals surface area contributed by atoms with Gasteiger partial charge in [-0.15, -0.1) is 0 Å². The topological polar surface area (TPSA) is 59.4 Å². The first kappa shape index (κ1) is 12.3. The predicted molar refractivity (Wildman–Crippen MR) is 66.7 cm³/mol. The van der Waals surface area contributed by atoms with Crippen molar-refractivity contribution in [3.8, 4) is 11.5 Å². The number of rotatable bonds is 4. The minimum absolute atomic E-state index is 0.0290. The molecule has 0 unspecified atom stereocenters. The van der Waals surface area contributed by atoms with E-state index in [1.54, 1.807) is 30.3 Å². The second-order valence-corrected chi connectivity index (χ2v) is 3.84. The van der Waals surface area contributed by atoms with Gasteiger partial charge in [-0.3, -0.25) is 4.79 Å². The summed E-state index contributed by atoms with van der Waals surface area (Å²) in [5.41, 5.74) is 1.19. The molecule has 92 valence electrons. The highest BCUT2D eigenvalue weighted by atomic mass is 16.5. The lowest BCUT2D eigenvalue weighted by molar-refractivity contribution is 0.101. The van der Waals surface area contributed by atoms with E-state index in [-0.39, 0.29) is 12.4 Å². The Bertz CT molecular complexity index is 549. The normalized spacial score (nSPS) is 10.1. The van der Waals surface area contributed by atoms with E-state index in [1.165, 1.54) is 13.1 Å². The number of Topliss-reactive ketones (excluding diaryl/α,β-unsaturated/α-hetero) is 1. The summed E-state index contributed by atoms with van der Waals surface area (Å²) in [5, 5.41) is 9.02. The van der Waals surface area contributed by atoms with Gasteiger partial charge in [-0.25, -0.2) is 4.98 Å². The van der Waals surface area contributed by atoms with Crippen LogP contribution >= 0.6 is 0 Å². The van der Waals surface area contributed by atoms with Crippen molar-refractivity contribution < 1.29 is 14.6 Å². The van der Waals surface area contributed by atoms with E-state index in [2.05, 4.69) is 4.98 Å². The van der Waals surface area contributed by atoms with Crippen LogP contribution in [0.4, 0.5) is 0 Å². The molecular formula is C14H13NO3. The maximum absolute atomic E-state index is 11.1. The van der Waals surface area contributed by atoms with Gasteiger partial charge in [0, 0.05) is 6.92 Å². The molecule has 0 aliphatic heterocycles. The van der Waals surface area contributed by atoms with Crippen molar-refractivity contribution in [2.45, 2.75) is 13.5 Å². The van der Waals surface area contributed by atoms with Crippen LogP contribution in [-0.4, -0.2) is 15.9 Å². The molecule has 0 aliphatic carbocycles. The summed E-state index contributed by atoms with van der Waals surface area (Å²) in [6.07, 6.45) is 1.50. The number of hydrogen-bond donors (Lipinski definition) is 1. The molecule has 0 saturated heterocycles. The minimum Gasteiger partial charge on any atom is -0.456 e. The maximum Gasteiger partial charge on any atom is 0.178 e. The molecule has 0 fully saturated rings. The lowest BCUT2D eigenvalue weighted by Crippen LogP contribution is -1.96. The van der Waals surface area contributed by atoms with Gasteiger partial charge < -0.3 is 9.84 Å². The number of hydrogen-bond acceptors (Lipinski definition) is 4. The zero-order chi connectivity index (χ0) is 13.0. The van der Waals surface area contributed by atoms with Gasteiger partial charge in [0.05, 0.1) is 12.8 Å². The molecule has 0 aliphatic rings. The number of aliphatic hydroxyl groups excluding tert-OH is 1. The summed E-state index contributed by atoms with van der Waals surface area (Å²) in [4.78, 5) is 15.1. The van der Waals surface area contributed by atoms with Crippen molar-refractivity contribution >= 4 is 5.78 Å². The smallest absolute Gasteiger partial charge is 0.178 e. The average molecular weight is 243 g/mol. The zero-order valence-corrected chi connectivity index (χ0v) is 9.96. The van der Waals surface area contributed by atoms with Crippen LogP contribution in [0.2, 0.25) is 0 Å². The first-order valence-electron chi connectivity index (χ1n) is 5.53. The summed E-state index contributed by atoms with van der Waals surface area (Å²) in [6, 6.07) is 10.5. The van der Waals surface area contributed by atoms with Crippen LogP contribution < -0.4 is 4.74 Å². The van der Waals surface area contributed by atoms with Crippen molar-refractivity contribution in [2.75, 3.05) is 0 Å². The Morgan fingerprint density at radius 1 is 1.28 bits per heavy atom. The molecule has 2 rings (SSSR count). The minimum atomic E-state index is -0.0798. The third-order valence-corrected chi connectivity index (χ3v) is 2.41. The van der Waals surface area contributed by atoms with E-state index in [1.807, 2.05) is 6.07 Å². The highest BCUT2D eigenvalue weighted by molar-refractivity contribution is 5.92. The highest BCUT2D eigenvalue weighted by Crippen LogP contribution is 2.21. The van der Waals surface area contributed by atoms with Crippen LogP contribution in [0.3, 0.4) is 0 Å². The standard InChI is InChI=1S/C14H13NO3/c1-10(17)14-6-5-13(8-15-14)18-12-4-2-3-11(7-12)9-16/h2-8,16H,9H2,1H3. The number of aromatic nitrogens is 1. The summed E-state index contributed by atoms with van der Waals surface area (Å²) in [6.45, 7) is 1.44. The van der Waals surface area contributed by atoms with E-state index in [0.717, 1.165) is 5.56 Å². The third kappa shape index (κ3) is 2.93. The van der Waals surface area contributed by atoms with Crippen molar-refractivity contribution in [1.82, 2.24) is 4.98 Å². The van der Waals surface area contributed by atoms with Crippen LogP contribution in [0.5, 0.6) is 11.5 Å². The number of ketones is 1. The molecule has 0 radical (unpaired) electrons. The van der Waals surface area contributed by atoms with Gasteiger partial charge in [-0.2, -0.15) is 0 Å². The van der Waals surface area contributed by atoms with Crippen LogP contribution in [-0.2, 0) is 6.61 Å². The maximum atomic E-state index is 11.1. The van der Waals surface area contributed by atoms with Crippen molar-refractivity contribution in [1.29, 1.82) is 0 Å². The fourth-order valence-electron chi connectivity index (χ4n) is 1.49. The highest BCUT2D eigenvalue weighted by Gasteiger charge is 2.02. The van der Waals surface area contributed by atoms with Crippen LogP contribution in [0.25, 0.3) is 0 Å². The number of aliphatic hydroxyl groups is 1. The van der Waals surface area contributed by atoms with Gasteiger partial charge in [0.2, 0.25) is 0 Å². The average Bonchev–Trinajstić information content (AvgIpc) is 2.39. The number of benzene rings is 1. The van der Waals surface area contributed by atoms with E-state index >= 15 is 0 Å². The van der Waals surface area contributed by atoms with Gasteiger partial charge in [0.25, 0.3) is 0 Å². The lowest BCUT2D eigenvalue weighted by Gasteiger charge is -2.06. The molecule has 0 spiro atoms. The molecule has 0 atom stereocenters. The number of carbonyl (C=O) groups excluding carboxylic acids is 1. The number of pyridine rings is 1. The number of ether oxygens (including phenoxy) is 1. The molecule has 1 N–H and O–H groups in total. The molecular weight excluding hydrogens is 230 g/mol. The first-order chi connectivity index (χ1) is 8.69. The van der Waals surface area contributed by atoms with Gasteiger partial charge in [-0.1, -0.05) is 12.1 Å². The van der Waals surface area contributed by atoms with Crippen molar-refractivity contribution in [2.24, 2.45) is 0 Å². The fraction of sp³-hybridized carbons (Fsp3) is 0.143. The Labute approximate surface area is 105 Å². The van der Waals surface area contributed by atoms with E-state index in [4.69, 9.17) is 9.84 Å². The lowest BCUT2D eigenvalue weighted by atomic mass is 10.2. The number of carbonyl (C=O) groups is 1. The Morgan fingerprint density at radius 2 is 2.11 bits per heavy atom. The van der Waals surface area contributed by atoms with Gasteiger partial charge in [0.15, 0.2) is 5.78 Å². The Morgan fingerprint density at radius 3 is 2.72 bits per heavy atom. The van der Waals surface area contributed by atoms with Crippen LogP contribution in [0.15, 0.2) is 42.6 Å². The van der Waals surface area contributed by atoms with Crippen LogP contribution in [0, 0.1) is 0 Å². The molecule has 4 heteroatoms. The molecule has 2 aromatic rings. The summed E-state index contributed by atoms with van der Waals surface area (Å²) in [7, 11) is 0. The first-order valence-corrected chi connectivity index (χ1v) is 5.53. The number of nitrogens with zero attached hydrogens (tertiary/aromatic N) is 1.